The number of benzene rings is 2. The van der Waals surface area contributed by atoms with Gasteiger partial charge >= 0.3 is 0 Å². The van der Waals surface area contributed by atoms with Crippen LogP contribution in [0.4, 0.5) is 0 Å². The normalized spacial score (nSPS) is 12.3. The van der Waals surface area contributed by atoms with Crippen LogP contribution in [0.3, 0.4) is 0 Å². The van der Waals surface area contributed by atoms with Gasteiger partial charge in [0, 0.05) is 28.3 Å². The average molecular weight is 337 g/mol. The first-order chi connectivity index (χ1) is 12.1. The van der Waals surface area contributed by atoms with E-state index in [9.17, 15) is 0 Å². The molecule has 0 aliphatic heterocycles. The van der Waals surface area contributed by atoms with Gasteiger partial charge in [0.1, 0.15) is 5.69 Å². The fourth-order valence-electron chi connectivity index (χ4n) is 2.31. The molecule has 25 heavy (non-hydrogen) atoms. The first kappa shape index (κ1) is 16.1. The summed E-state index contributed by atoms with van der Waals surface area (Å²) in [6, 6.07) is 15.9. The third kappa shape index (κ3) is 3.27. The Kier molecular flexibility index (Phi) is 4.34. The fraction of sp³-hybridized carbons (Fsp3) is 0. The molecule has 1 aromatic heterocycles. The summed E-state index contributed by atoms with van der Waals surface area (Å²) in [5.74, 6) is 0.615. The largest absolute Gasteiger partial charge is 0.409 e. The van der Waals surface area contributed by atoms with Crippen LogP contribution in [0, 0.1) is 0 Å². The number of oxime groups is 2. The molecule has 3 aromatic rings. The summed E-state index contributed by atoms with van der Waals surface area (Å²) in [5.41, 5.74) is 14.5. The third-order valence-electron chi connectivity index (χ3n) is 3.64. The first-order valence-electron chi connectivity index (χ1n) is 7.25. The van der Waals surface area contributed by atoms with Crippen molar-refractivity contribution >= 4 is 11.7 Å². The molecule has 0 saturated heterocycles. The van der Waals surface area contributed by atoms with Crippen LogP contribution in [-0.4, -0.2) is 27.2 Å². The maximum atomic E-state index is 8.78. The Morgan fingerprint density at radius 3 is 2.20 bits per heavy atom. The molecular weight excluding hydrogens is 322 g/mol. The lowest BCUT2D eigenvalue weighted by molar-refractivity contribution is 0.318. The van der Waals surface area contributed by atoms with Crippen LogP contribution >= 0.6 is 0 Å². The molecule has 2 aromatic carbocycles. The molecule has 0 aliphatic rings. The number of hydrogen-bond acceptors (Lipinski definition) is 6. The van der Waals surface area contributed by atoms with Crippen LogP contribution in [0.5, 0.6) is 0 Å². The summed E-state index contributed by atoms with van der Waals surface area (Å²) >= 11 is 0. The zero-order chi connectivity index (χ0) is 17.8. The topological polar surface area (TPSA) is 143 Å². The van der Waals surface area contributed by atoms with Gasteiger partial charge < -0.3 is 26.4 Å². The number of amidine groups is 2. The lowest BCUT2D eigenvalue weighted by atomic mass is 10.1. The summed E-state index contributed by atoms with van der Waals surface area (Å²) in [4.78, 5) is 0. The number of rotatable bonds is 4. The summed E-state index contributed by atoms with van der Waals surface area (Å²) < 4.78 is 5.39. The van der Waals surface area contributed by atoms with Crippen LogP contribution in [0.25, 0.3) is 22.6 Å². The number of nitrogens with zero attached hydrogens (tertiary/aromatic N) is 3. The van der Waals surface area contributed by atoms with Crippen LogP contribution in [0.1, 0.15) is 11.1 Å². The zero-order valence-corrected chi connectivity index (χ0v) is 13.0. The zero-order valence-electron chi connectivity index (χ0n) is 13.0. The second kappa shape index (κ2) is 6.75. The van der Waals surface area contributed by atoms with Crippen molar-refractivity contribution in [3.8, 4) is 22.6 Å². The van der Waals surface area contributed by atoms with Gasteiger partial charge in [-0.25, -0.2) is 0 Å². The van der Waals surface area contributed by atoms with E-state index in [-0.39, 0.29) is 11.7 Å². The van der Waals surface area contributed by atoms with Gasteiger partial charge in [-0.05, 0) is 6.07 Å². The second-order valence-corrected chi connectivity index (χ2v) is 5.21. The average Bonchev–Trinajstić information content (AvgIpc) is 3.17. The Balaban J connectivity index is 1.90. The minimum atomic E-state index is 0.0179. The number of aromatic nitrogens is 1. The maximum absolute atomic E-state index is 8.78. The van der Waals surface area contributed by atoms with E-state index in [1.165, 1.54) is 0 Å². The maximum Gasteiger partial charge on any atom is 0.170 e. The van der Waals surface area contributed by atoms with Crippen molar-refractivity contribution in [3.63, 3.8) is 0 Å². The van der Waals surface area contributed by atoms with E-state index in [4.69, 9.17) is 26.4 Å². The molecule has 0 radical (unpaired) electrons. The summed E-state index contributed by atoms with van der Waals surface area (Å²) in [6.45, 7) is 0. The SMILES string of the molecule is N/C(=N\O)c1ccc(-c2cc(-c3cccc(/C(N)=N/O)c3)no2)cc1. The van der Waals surface area contributed by atoms with E-state index in [1.807, 2.05) is 6.07 Å². The number of nitrogens with two attached hydrogens (primary N) is 2. The molecule has 0 atom stereocenters. The van der Waals surface area contributed by atoms with E-state index in [2.05, 4.69) is 15.5 Å². The molecule has 0 unspecified atom stereocenters. The molecule has 0 aliphatic carbocycles. The molecule has 8 nitrogen and oxygen atoms in total. The molecule has 8 heteroatoms. The summed E-state index contributed by atoms with van der Waals surface area (Å²) in [6.07, 6.45) is 0. The van der Waals surface area contributed by atoms with Crippen LogP contribution in [0.15, 0.2) is 69.4 Å². The van der Waals surface area contributed by atoms with Crippen molar-refractivity contribution in [1.29, 1.82) is 0 Å². The van der Waals surface area contributed by atoms with Crippen molar-refractivity contribution in [2.24, 2.45) is 21.8 Å². The monoisotopic (exact) mass is 337 g/mol. The highest BCUT2D eigenvalue weighted by molar-refractivity contribution is 5.98. The highest BCUT2D eigenvalue weighted by Crippen LogP contribution is 2.26. The number of hydrogen-bond donors (Lipinski definition) is 4. The van der Waals surface area contributed by atoms with E-state index in [1.54, 1.807) is 48.5 Å². The van der Waals surface area contributed by atoms with Crippen LogP contribution < -0.4 is 11.5 Å². The van der Waals surface area contributed by atoms with Gasteiger partial charge in [0.2, 0.25) is 0 Å². The smallest absolute Gasteiger partial charge is 0.170 e. The Hall–Kier alpha value is -3.81. The Bertz CT molecular complexity index is 945. The highest BCUT2D eigenvalue weighted by atomic mass is 16.5. The quantitative estimate of drug-likeness (QED) is 0.249. The van der Waals surface area contributed by atoms with Crippen molar-refractivity contribution in [2.45, 2.75) is 0 Å². The fourth-order valence-corrected chi connectivity index (χ4v) is 2.31. The molecule has 126 valence electrons. The summed E-state index contributed by atoms with van der Waals surface area (Å²) in [5, 5.41) is 27.5. The van der Waals surface area contributed by atoms with Crippen molar-refractivity contribution in [2.75, 3.05) is 0 Å². The Morgan fingerprint density at radius 1 is 0.840 bits per heavy atom. The molecule has 0 bridgehead atoms. The van der Waals surface area contributed by atoms with Crippen molar-refractivity contribution in [3.05, 3.63) is 65.7 Å². The van der Waals surface area contributed by atoms with Crippen LogP contribution in [0.2, 0.25) is 0 Å². The predicted octanol–water partition coefficient (Wildman–Crippen LogP) is 2.20. The molecule has 6 N–H and O–H groups in total. The summed E-state index contributed by atoms with van der Waals surface area (Å²) in [7, 11) is 0. The molecule has 0 amide bonds. The standard InChI is InChI=1S/C17H15N5O3/c18-16(20-23)11-6-4-10(5-7-11)15-9-14(22-25-15)12-2-1-3-13(8-12)17(19)21-24/h1-9,23-24H,(H2,18,20)(H2,19,21). The van der Waals surface area contributed by atoms with E-state index < -0.39 is 0 Å². The third-order valence-corrected chi connectivity index (χ3v) is 3.64. The minimum Gasteiger partial charge on any atom is -0.409 e. The lowest BCUT2D eigenvalue weighted by Crippen LogP contribution is -2.12. The van der Waals surface area contributed by atoms with Gasteiger partial charge in [0.15, 0.2) is 17.4 Å². The van der Waals surface area contributed by atoms with Gasteiger partial charge in [-0.2, -0.15) is 0 Å². The molecule has 0 spiro atoms. The molecule has 1 heterocycles. The van der Waals surface area contributed by atoms with Crippen molar-refractivity contribution in [1.82, 2.24) is 5.16 Å². The Labute approximate surface area is 142 Å². The molecule has 0 fully saturated rings. The van der Waals surface area contributed by atoms with Gasteiger partial charge in [0.05, 0.1) is 0 Å². The van der Waals surface area contributed by atoms with Gasteiger partial charge in [-0.1, -0.05) is 57.9 Å². The first-order valence-corrected chi connectivity index (χ1v) is 7.25. The molecule has 3 rings (SSSR count). The second-order valence-electron chi connectivity index (χ2n) is 5.21. The van der Waals surface area contributed by atoms with Gasteiger partial charge in [0.25, 0.3) is 0 Å². The van der Waals surface area contributed by atoms with Gasteiger partial charge in [-0.15, -0.1) is 0 Å². The molecule has 0 saturated carbocycles. The highest BCUT2D eigenvalue weighted by Gasteiger charge is 2.10. The van der Waals surface area contributed by atoms with E-state index in [0.29, 0.717) is 22.6 Å². The van der Waals surface area contributed by atoms with Crippen molar-refractivity contribution < 1.29 is 14.9 Å². The lowest BCUT2D eigenvalue weighted by Gasteiger charge is -2.01. The minimum absolute atomic E-state index is 0.0179. The predicted molar refractivity (Wildman–Crippen MR) is 92.4 cm³/mol. The van der Waals surface area contributed by atoms with E-state index in [0.717, 1.165) is 11.1 Å². The van der Waals surface area contributed by atoms with Gasteiger partial charge in [-0.3, -0.25) is 0 Å². The Morgan fingerprint density at radius 2 is 1.52 bits per heavy atom. The molecular formula is C17H15N5O3. The van der Waals surface area contributed by atoms with Crippen LogP contribution in [-0.2, 0) is 0 Å². The van der Waals surface area contributed by atoms with E-state index >= 15 is 0 Å².